The quantitative estimate of drug-likeness (QED) is 0.0261. The van der Waals surface area contributed by atoms with Crippen LogP contribution in [0.3, 0.4) is 0 Å². The molecule has 0 aliphatic rings. The molecule has 0 saturated carbocycles. The van der Waals surface area contributed by atoms with E-state index in [1.807, 2.05) is 0 Å². The Morgan fingerprint density at radius 1 is 0.253 bits per heavy atom. The molecule has 0 N–H and O–H groups in total. The zero-order valence-electron chi connectivity index (χ0n) is 53.4. The lowest BCUT2D eigenvalue weighted by Gasteiger charge is -2.18. The van der Waals surface area contributed by atoms with Crippen LogP contribution in [-0.2, 0) is 28.6 Å². The topological polar surface area (TPSA) is 78.9 Å². The van der Waals surface area contributed by atoms with Crippen molar-refractivity contribution < 1.29 is 28.6 Å². The number of allylic oxidation sites excluding steroid dienone is 28. The van der Waals surface area contributed by atoms with Crippen molar-refractivity contribution in [2.24, 2.45) is 0 Å². The van der Waals surface area contributed by atoms with Crippen LogP contribution in [0.25, 0.3) is 0 Å². The molecule has 0 aromatic heterocycles. The SMILES string of the molecule is CC/C=C\C/C=C\C/C=C\C/C=C\C/C=C\C/C=C\C/C=C\C/C=C\C/C=C\CCCCCC(=O)OCC(COC(=O)CCCCCCCCC)OC(=O)CCCCCCCCCCCCC/C=C\C/C=C\C/C=C\C/C=C\C/C=C\CC. The van der Waals surface area contributed by atoms with Gasteiger partial charge in [-0.3, -0.25) is 14.4 Å². The molecule has 1 unspecified atom stereocenters. The van der Waals surface area contributed by atoms with E-state index < -0.39 is 6.10 Å². The van der Waals surface area contributed by atoms with Crippen LogP contribution >= 0.6 is 0 Å². The monoisotopic (exact) mass is 1140 g/mol. The summed E-state index contributed by atoms with van der Waals surface area (Å²) in [5.41, 5.74) is 0. The van der Waals surface area contributed by atoms with Crippen LogP contribution in [0.5, 0.6) is 0 Å². The Hall–Kier alpha value is -5.23. The van der Waals surface area contributed by atoms with Gasteiger partial charge in [-0.25, -0.2) is 0 Å². The molecule has 1 atom stereocenters. The number of carbonyl (C=O) groups excluding carboxylic acids is 3. The molecule has 0 aromatic rings. The first kappa shape index (κ1) is 77.8. The first-order valence-corrected chi connectivity index (χ1v) is 33.6. The summed E-state index contributed by atoms with van der Waals surface area (Å²) in [4.78, 5) is 38.1. The minimum atomic E-state index is -0.800. The van der Waals surface area contributed by atoms with Crippen LogP contribution in [-0.4, -0.2) is 37.2 Å². The number of carbonyl (C=O) groups is 3. The number of hydrogen-bond donors (Lipinski definition) is 0. The highest BCUT2D eigenvalue weighted by Crippen LogP contribution is 2.15. The Morgan fingerprint density at radius 2 is 0.470 bits per heavy atom. The third-order valence-electron chi connectivity index (χ3n) is 13.7. The molecule has 0 rings (SSSR count). The third-order valence-corrected chi connectivity index (χ3v) is 13.7. The van der Waals surface area contributed by atoms with Gasteiger partial charge in [0.25, 0.3) is 0 Å². The second kappa shape index (κ2) is 69.3. The van der Waals surface area contributed by atoms with Crippen molar-refractivity contribution in [2.45, 2.75) is 284 Å². The molecule has 0 saturated heterocycles. The Bertz CT molecular complexity index is 1890. The van der Waals surface area contributed by atoms with Gasteiger partial charge in [-0.15, -0.1) is 0 Å². The summed E-state index contributed by atoms with van der Waals surface area (Å²) in [5, 5.41) is 0. The van der Waals surface area contributed by atoms with Gasteiger partial charge in [0.15, 0.2) is 6.10 Å². The molecule has 83 heavy (non-hydrogen) atoms. The lowest BCUT2D eigenvalue weighted by Crippen LogP contribution is -2.30. The van der Waals surface area contributed by atoms with Gasteiger partial charge in [-0.2, -0.15) is 0 Å². The Kier molecular flexibility index (Phi) is 64.9. The van der Waals surface area contributed by atoms with Gasteiger partial charge in [0.05, 0.1) is 0 Å². The number of esters is 3. The van der Waals surface area contributed by atoms with Crippen molar-refractivity contribution in [1.82, 2.24) is 0 Å². The van der Waals surface area contributed by atoms with E-state index in [0.717, 1.165) is 154 Å². The zero-order valence-corrected chi connectivity index (χ0v) is 53.4. The van der Waals surface area contributed by atoms with Crippen LogP contribution in [0.15, 0.2) is 170 Å². The van der Waals surface area contributed by atoms with E-state index in [9.17, 15) is 14.4 Å². The van der Waals surface area contributed by atoms with Crippen LogP contribution in [0.4, 0.5) is 0 Å². The third kappa shape index (κ3) is 67.4. The maximum absolute atomic E-state index is 12.9. The Labute approximate surface area is 511 Å². The molecule has 6 heteroatoms. The Morgan fingerprint density at radius 3 is 0.747 bits per heavy atom. The summed E-state index contributed by atoms with van der Waals surface area (Å²) >= 11 is 0. The fourth-order valence-corrected chi connectivity index (χ4v) is 8.76. The second-order valence-electron chi connectivity index (χ2n) is 21.6. The molecule has 0 radical (unpaired) electrons. The highest BCUT2D eigenvalue weighted by atomic mass is 16.6. The summed E-state index contributed by atoms with van der Waals surface area (Å²) in [6.07, 6.45) is 102. The van der Waals surface area contributed by atoms with E-state index in [4.69, 9.17) is 14.2 Å². The van der Waals surface area contributed by atoms with Crippen molar-refractivity contribution >= 4 is 17.9 Å². The van der Waals surface area contributed by atoms with E-state index in [1.54, 1.807) is 0 Å². The predicted octanol–water partition coefficient (Wildman–Crippen LogP) is 23.4. The molecule has 0 aromatic carbocycles. The largest absolute Gasteiger partial charge is 0.462 e. The van der Waals surface area contributed by atoms with Gasteiger partial charge in [-0.1, -0.05) is 294 Å². The molecule has 0 aliphatic carbocycles. The summed E-state index contributed by atoms with van der Waals surface area (Å²) in [6.45, 7) is 6.34. The van der Waals surface area contributed by atoms with Crippen LogP contribution < -0.4 is 0 Å². The van der Waals surface area contributed by atoms with Crippen molar-refractivity contribution in [3.63, 3.8) is 0 Å². The second-order valence-corrected chi connectivity index (χ2v) is 21.6. The van der Waals surface area contributed by atoms with E-state index in [0.29, 0.717) is 19.3 Å². The average molecular weight is 1140 g/mol. The average Bonchev–Trinajstić information content (AvgIpc) is 3.50. The summed E-state index contributed by atoms with van der Waals surface area (Å²) in [5.74, 6) is -0.942. The maximum atomic E-state index is 12.9. The maximum Gasteiger partial charge on any atom is 0.306 e. The van der Waals surface area contributed by atoms with Gasteiger partial charge in [-0.05, 0) is 135 Å². The predicted molar refractivity (Wildman–Crippen MR) is 361 cm³/mol. The first-order chi connectivity index (χ1) is 41.0. The molecule has 0 heterocycles. The number of unbranched alkanes of at least 4 members (excludes halogenated alkanes) is 20. The van der Waals surface area contributed by atoms with Crippen LogP contribution in [0.2, 0.25) is 0 Å². The Balaban J connectivity index is 4.24. The number of rotatable bonds is 59. The van der Waals surface area contributed by atoms with E-state index in [2.05, 4.69) is 191 Å². The summed E-state index contributed by atoms with van der Waals surface area (Å²) in [7, 11) is 0. The number of ether oxygens (including phenoxy) is 3. The van der Waals surface area contributed by atoms with E-state index in [-0.39, 0.29) is 31.1 Å². The lowest BCUT2D eigenvalue weighted by atomic mass is 10.0. The van der Waals surface area contributed by atoms with Crippen molar-refractivity contribution in [3.8, 4) is 0 Å². The number of hydrogen-bond acceptors (Lipinski definition) is 6. The summed E-state index contributed by atoms with van der Waals surface area (Å²) < 4.78 is 16.8. The van der Waals surface area contributed by atoms with Gasteiger partial charge in [0.2, 0.25) is 0 Å². The molecule has 0 fully saturated rings. The fraction of sp³-hybridized carbons (Fsp3) is 0.597. The lowest BCUT2D eigenvalue weighted by molar-refractivity contribution is -0.167. The molecular formula is C77H122O6. The van der Waals surface area contributed by atoms with E-state index >= 15 is 0 Å². The van der Waals surface area contributed by atoms with Gasteiger partial charge >= 0.3 is 17.9 Å². The van der Waals surface area contributed by atoms with Gasteiger partial charge < -0.3 is 14.2 Å². The molecule has 466 valence electrons. The molecule has 0 aliphatic heterocycles. The van der Waals surface area contributed by atoms with Crippen molar-refractivity contribution in [3.05, 3.63) is 170 Å². The molecule has 0 spiro atoms. The minimum absolute atomic E-state index is 0.0953. The molecular weight excluding hydrogens is 1020 g/mol. The fourth-order valence-electron chi connectivity index (χ4n) is 8.76. The first-order valence-electron chi connectivity index (χ1n) is 33.6. The van der Waals surface area contributed by atoms with Crippen LogP contribution in [0.1, 0.15) is 278 Å². The van der Waals surface area contributed by atoms with Crippen molar-refractivity contribution in [2.75, 3.05) is 13.2 Å². The molecule has 0 amide bonds. The molecule has 0 bridgehead atoms. The van der Waals surface area contributed by atoms with Crippen molar-refractivity contribution in [1.29, 1.82) is 0 Å². The smallest absolute Gasteiger partial charge is 0.306 e. The normalized spacial score (nSPS) is 13.2. The van der Waals surface area contributed by atoms with E-state index in [1.165, 1.54) is 83.5 Å². The standard InChI is InChI=1S/C77H122O6/c1-4-7-10-13-16-18-20-22-24-26-28-30-32-34-36-37-38-39-41-42-44-46-48-50-52-54-56-58-61-64-67-70-76(79)82-73-74(72-81-75(78)69-66-63-60-15-12-9-6-3)83-77(80)71-68-65-62-59-57-55-53-51-49-47-45-43-40-35-33-31-29-27-25-23-21-19-17-14-11-8-5-2/h7-8,10-11,16-19,22-25,28-31,34-36,38-40,42,44,48,50,54,56,74H,4-6,9,12-15,20-21,26-27,32-33,37,41,43,45-47,49,51-53,55,57-73H2,1-3H3/b10-7-,11-8-,18-16-,19-17-,24-22-,25-23-,30-28-,31-29-,36-34-,39-38-,40-35-,44-42-,50-48-,56-54-. The van der Waals surface area contributed by atoms with Gasteiger partial charge in [0.1, 0.15) is 13.2 Å². The van der Waals surface area contributed by atoms with Crippen LogP contribution in [0, 0.1) is 0 Å². The van der Waals surface area contributed by atoms with Gasteiger partial charge in [0, 0.05) is 19.3 Å². The highest BCUT2D eigenvalue weighted by molar-refractivity contribution is 5.71. The minimum Gasteiger partial charge on any atom is -0.462 e. The highest BCUT2D eigenvalue weighted by Gasteiger charge is 2.19. The summed E-state index contributed by atoms with van der Waals surface area (Å²) in [6, 6.07) is 0. The zero-order chi connectivity index (χ0) is 59.9. The molecule has 6 nitrogen and oxygen atoms in total.